The first kappa shape index (κ1) is 39.6. The van der Waals surface area contributed by atoms with Crippen LogP contribution in [0.1, 0.15) is 124 Å². The summed E-state index contributed by atoms with van der Waals surface area (Å²) in [6, 6.07) is 0. The first-order chi connectivity index (χ1) is 20.4. The highest BCUT2D eigenvalue weighted by atomic mass is 16.6. The summed E-state index contributed by atoms with van der Waals surface area (Å²) in [5.74, 6) is 0.126. The Hall–Kier alpha value is -2.44. The van der Waals surface area contributed by atoms with Gasteiger partial charge in [0.05, 0.1) is 12.7 Å². The Balaban J connectivity index is 3.79. The molecule has 0 aliphatic rings. The molecule has 0 aliphatic carbocycles. The highest BCUT2D eigenvalue weighted by Gasteiger charge is 2.15. The second-order valence-electron chi connectivity index (χ2n) is 11.0. The van der Waals surface area contributed by atoms with E-state index < -0.39 is 6.10 Å². The molecule has 0 saturated carbocycles. The van der Waals surface area contributed by atoms with Crippen molar-refractivity contribution >= 4 is 11.9 Å². The van der Waals surface area contributed by atoms with Crippen molar-refractivity contribution in [1.82, 2.24) is 0 Å². The highest BCUT2D eigenvalue weighted by molar-refractivity contribution is 5.70. The van der Waals surface area contributed by atoms with Gasteiger partial charge in [0.15, 0.2) is 6.10 Å². The zero-order valence-electron chi connectivity index (χ0n) is 26.8. The number of hydrogen-bond donors (Lipinski definition) is 2. The van der Waals surface area contributed by atoms with Gasteiger partial charge in [-0.05, 0) is 50.9 Å². The van der Waals surface area contributed by atoms with Crippen LogP contribution in [0.25, 0.3) is 0 Å². The third kappa shape index (κ3) is 27.7. The van der Waals surface area contributed by atoms with Crippen LogP contribution in [-0.4, -0.2) is 47.6 Å². The quantitative estimate of drug-likeness (QED) is 0.0433. The van der Waals surface area contributed by atoms with Gasteiger partial charge in [-0.1, -0.05) is 126 Å². The molecule has 1 unspecified atom stereocenters. The molecular weight excluding hydrogens is 528 g/mol. The molecule has 240 valence electrons. The lowest BCUT2D eigenvalue weighted by Crippen LogP contribution is -2.28. The van der Waals surface area contributed by atoms with Crippen LogP contribution in [0, 0.1) is 5.92 Å². The van der Waals surface area contributed by atoms with E-state index >= 15 is 0 Å². The smallest absolute Gasteiger partial charge is 0.306 e. The molecule has 0 aromatic rings. The van der Waals surface area contributed by atoms with Crippen LogP contribution in [0.4, 0.5) is 0 Å². The number of aliphatic hydroxyl groups is 2. The fourth-order valence-electron chi connectivity index (χ4n) is 3.98. The minimum atomic E-state index is -0.811. The lowest BCUT2D eigenvalue weighted by Gasteiger charge is -2.15. The van der Waals surface area contributed by atoms with Crippen LogP contribution in [0.15, 0.2) is 60.8 Å². The van der Waals surface area contributed by atoms with Crippen molar-refractivity contribution in [3.05, 3.63) is 60.8 Å². The average molecular weight is 589 g/mol. The summed E-state index contributed by atoms with van der Waals surface area (Å²) < 4.78 is 10.5. The normalized spacial score (nSPS) is 14.5. The summed E-state index contributed by atoms with van der Waals surface area (Å²) >= 11 is 0. The van der Waals surface area contributed by atoms with Crippen LogP contribution in [-0.2, 0) is 19.1 Å². The molecule has 0 spiro atoms. The third-order valence-corrected chi connectivity index (χ3v) is 7.02. The summed E-state index contributed by atoms with van der Waals surface area (Å²) in [7, 11) is 0. The van der Waals surface area contributed by atoms with Crippen LogP contribution < -0.4 is 0 Å². The van der Waals surface area contributed by atoms with Gasteiger partial charge < -0.3 is 19.7 Å². The predicted molar refractivity (Wildman–Crippen MR) is 174 cm³/mol. The SMILES string of the molecule is CCC(C)CCCCCCCCC(=O)OC[C@H](CO)OC(=O)CCC/C=C\C/C=C\C/C=C\C/C=C\C=C\[C@H](O)CC. The summed E-state index contributed by atoms with van der Waals surface area (Å²) in [4.78, 5) is 24.0. The molecule has 0 bridgehead atoms. The van der Waals surface area contributed by atoms with Gasteiger partial charge in [-0.2, -0.15) is 0 Å². The van der Waals surface area contributed by atoms with Crippen LogP contribution >= 0.6 is 0 Å². The minimum absolute atomic E-state index is 0.101. The largest absolute Gasteiger partial charge is 0.462 e. The molecule has 0 aliphatic heterocycles. The fourth-order valence-corrected chi connectivity index (χ4v) is 3.98. The van der Waals surface area contributed by atoms with Crippen LogP contribution in [0.3, 0.4) is 0 Å². The van der Waals surface area contributed by atoms with Crippen molar-refractivity contribution in [2.24, 2.45) is 5.92 Å². The van der Waals surface area contributed by atoms with Gasteiger partial charge in [0.2, 0.25) is 0 Å². The second kappa shape index (κ2) is 30.0. The molecule has 2 N–H and O–H groups in total. The van der Waals surface area contributed by atoms with E-state index in [0.29, 0.717) is 12.8 Å². The number of unbranched alkanes of at least 4 members (excludes halogenated alkanes) is 6. The average Bonchev–Trinajstić information content (AvgIpc) is 2.99. The van der Waals surface area contributed by atoms with Crippen molar-refractivity contribution in [1.29, 1.82) is 0 Å². The molecule has 3 atom stereocenters. The molecule has 0 fully saturated rings. The number of ether oxygens (including phenoxy) is 2. The molecule has 0 amide bonds. The molecule has 0 radical (unpaired) electrons. The number of allylic oxidation sites excluding steroid dienone is 9. The lowest BCUT2D eigenvalue weighted by molar-refractivity contribution is -0.161. The number of hydrogen-bond acceptors (Lipinski definition) is 6. The molecule has 0 aromatic heterocycles. The van der Waals surface area contributed by atoms with Crippen molar-refractivity contribution in [3.63, 3.8) is 0 Å². The second-order valence-corrected chi connectivity index (χ2v) is 11.0. The number of esters is 2. The molecule has 0 rings (SSSR count). The summed E-state index contributed by atoms with van der Waals surface area (Å²) in [6.45, 7) is 6.02. The van der Waals surface area contributed by atoms with Gasteiger partial charge in [0.25, 0.3) is 0 Å². The third-order valence-electron chi connectivity index (χ3n) is 7.02. The molecule has 0 aromatic carbocycles. The monoisotopic (exact) mass is 588 g/mol. The van der Waals surface area contributed by atoms with Crippen molar-refractivity contribution in [2.75, 3.05) is 13.2 Å². The first-order valence-corrected chi connectivity index (χ1v) is 16.3. The Bertz CT molecular complexity index is 795. The van der Waals surface area contributed by atoms with Crippen molar-refractivity contribution < 1.29 is 29.3 Å². The van der Waals surface area contributed by atoms with Gasteiger partial charge >= 0.3 is 11.9 Å². The van der Waals surface area contributed by atoms with Gasteiger partial charge in [-0.3, -0.25) is 9.59 Å². The fraction of sp³-hybridized carbons (Fsp3) is 0.667. The molecule has 0 saturated heterocycles. The lowest BCUT2D eigenvalue weighted by atomic mass is 10.00. The minimum Gasteiger partial charge on any atom is -0.462 e. The first-order valence-electron chi connectivity index (χ1n) is 16.3. The molecule has 6 nitrogen and oxygen atoms in total. The van der Waals surface area contributed by atoms with Gasteiger partial charge in [0, 0.05) is 12.8 Å². The highest BCUT2D eigenvalue weighted by Crippen LogP contribution is 2.14. The van der Waals surface area contributed by atoms with E-state index in [-0.39, 0.29) is 37.7 Å². The molecular formula is C36H60O6. The van der Waals surface area contributed by atoms with E-state index in [1.807, 2.05) is 19.1 Å². The van der Waals surface area contributed by atoms with E-state index in [2.05, 4.69) is 56.4 Å². The molecule has 6 heteroatoms. The van der Waals surface area contributed by atoms with Gasteiger partial charge in [0.1, 0.15) is 6.61 Å². The standard InChI is InChI=1S/C36H60O6/c1-4-32(3)26-22-18-16-17-20-24-28-35(39)41-31-34(30-37)42-36(40)29-25-21-15-13-11-9-7-6-8-10-12-14-19-23-27-33(38)5-2/h7-10,13-15,19,23,27,32-34,37-38H,4-6,11-12,16-18,20-22,24-26,28-31H2,1-3H3/b9-7-,10-8-,15-13-,19-14-,27-23+/t32?,33-,34+/m1/s1. The van der Waals surface area contributed by atoms with E-state index in [1.165, 1.54) is 32.1 Å². The zero-order chi connectivity index (χ0) is 31.1. The maximum Gasteiger partial charge on any atom is 0.306 e. The van der Waals surface area contributed by atoms with Gasteiger partial charge in [-0.15, -0.1) is 0 Å². The Morgan fingerprint density at radius 3 is 1.95 bits per heavy atom. The molecule has 42 heavy (non-hydrogen) atoms. The van der Waals surface area contributed by atoms with E-state index in [1.54, 1.807) is 6.08 Å². The Labute approximate surface area is 256 Å². The van der Waals surface area contributed by atoms with E-state index in [9.17, 15) is 19.8 Å². The predicted octanol–water partition coefficient (Wildman–Crippen LogP) is 8.49. The van der Waals surface area contributed by atoms with Crippen molar-refractivity contribution in [3.8, 4) is 0 Å². The number of carbonyl (C=O) groups excluding carboxylic acids is 2. The van der Waals surface area contributed by atoms with Crippen molar-refractivity contribution in [2.45, 2.75) is 136 Å². The number of aliphatic hydroxyl groups excluding tert-OH is 2. The molecule has 0 heterocycles. The Kier molecular flexibility index (Phi) is 28.3. The van der Waals surface area contributed by atoms with E-state index in [4.69, 9.17) is 9.47 Å². The summed E-state index contributed by atoms with van der Waals surface area (Å²) in [5, 5.41) is 18.9. The Morgan fingerprint density at radius 1 is 0.714 bits per heavy atom. The van der Waals surface area contributed by atoms with Crippen LogP contribution in [0.5, 0.6) is 0 Å². The topological polar surface area (TPSA) is 93.1 Å². The summed E-state index contributed by atoms with van der Waals surface area (Å²) in [5.41, 5.74) is 0. The Morgan fingerprint density at radius 2 is 1.31 bits per heavy atom. The number of carbonyl (C=O) groups is 2. The number of rotatable bonds is 27. The van der Waals surface area contributed by atoms with Crippen LogP contribution in [0.2, 0.25) is 0 Å². The zero-order valence-corrected chi connectivity index (χ0v) is 26.8. The van der Waals surface area contributed by atoms with E-state index in [0.717, 1.165) is 57.3 Å². The maximum absolute atomic E-state index is 12.1. The van der Waals surface area contributed by atoms with Gasteiger partial charge in [-0.25, -0.2) is 0 Å². The maximum atomic E-state index is 12.1. The summed E-state index contributed by atoms with van der Waals surface area (Å²) in [6.07, 6.45) is 33.8.